The molecule has 6 aromatic carbocycles. The minimum atomic E-state index is 0. The molecule has 4 aliphatic rings. The van der Waals surface area contributed by atoms with E-state index in [9.17, 15) is 0 Å². The van der Waals surface area contributed by atoms with Crippen molar-refractivity contribution < 1.29 is 23.3 Å². The van der Waals surface area contributed by atoms with Crippen LogP contribution < -0.4 is 0 Å². The summed E-state index contributed by atoms with van der Waals surface area (Å²) in [6, 6.07) is 41.8. The summed E-state index contributed by atoms with van der Waals surface area (Å²) in [5, 5.41) is 5.56. The average molecular weight is 879 g/mol. The Hall–Kier alpha value is -2.22. The molecule has 1 unspecified atom stereocenters. The zero-order chi connectivity index (χ0) is 36.4. The van der Waals surface area contributed by atoms with Gasteiger partial charge in [-0.05, 0) is 109 Å². The Morgan fingerprint density at radius 2 is 1.14 bits per heavy atom. The Morgan fingerprint density at radius 1 is 0.661 bits per heavy atom. The van der Waals surface area contributed by atoms with Crippen molar-refractivity contribution >= 4 is 53.2 Å². The van der Waals surface area contributed by atoms with Gasteiger partial charge in [0.05, 0.1) is 0 Å². The molecule has 0 amide bonds. The second-order valence-corrected chi connectivity index (χ2v) is 16.9. The molecular formula is C52H64Cl2SiZr-4. The molecule has 2 radical (unpaired) electrons. The quantitative estimate of drug-likeness (QED) is 0.106. The van der Waals surface area contributed by atoms with Crippen molar-refractivity contribution in [3.63, 3.8) is 0 Å². The molecule has 4 bridgehead atoms. The van der Waals surface area contributed by atoms with Crippen molar-refractivity contribution in [2.45, 2.75) is 110 Å². The van der Waals surface area contributed by atoms with E-state index in [0.717, 1.165) is 24.2 Å². The van der Waals surface area contributed by atoms with E-state index in [1.165, 1.54) is 135 Å². The van der Waals surface area contributed by atoms with Gasteiger partial charge >= 0.3 is 30.2 Å². The fraction of sp³-hybridized carbons (Fsp3) is 0.385. The van der Waals surface area contributed by atoms with E-state index in [2.05, 4.69) is 151 Å². The van der Waals surface area contributed by atoms with Gasteiger partial charge in [-0.1, -0.05) is 113 Å². The van der Waals surface area contributed by atoms with Gasteiger partial charge < -0.3 is 14.9 Å². The second-order valence-electron chi connectivity index (χ2n) is 16.9. The molecule has 298 valence electrons. The number of fused-ring (bicyclic) bond motifs is 2. The molecule has 6 aromatic rings. The van der Waals surface area contributed by atoms with Gasteiger partial charge in [0.2, 0.25) is 0 Å². The van der Waals surface area contributed by atoms with Crippen LogP contribution in [0, 0.1) is 32.6 Å². The van der Waals surface area contributed by atoms with Crippen molar-refractivity contribution in [1.29, 1.82) is 0 Å². The van der Waals surface area contributed by atoms with Gasteiger partial charge in [0.15, 0.2) is 0 Å². The fourth-order valence-corrected chi connectivity index (χ4v) is 10.7. The van der Waals surface area contributed by atoms with Gasteiger partial charge in [-0.3, -0.25) is 0 Å². The van der Waals surface area contributed by atoms with Crippen LogP contribution >= 0.6 is 24.8 Å². The summed E-state index contributed by atoms with van der Waals surface area (Å²) < 4.78 is 0. The van der Waals surface area contributed by atoms with Crippen molar-refractivity contribution in [2.24, 2.45) is 17.8 Å². The summed E-state index contributed by atoms with van der Waals surface area (Å²) in [7, 11) is 0. The van der Waals surface area contributed by atoms with E-state index in [4.69, 9.17) is 0 Å². The summed E-state index contributed by atoms with van der Waals surface area (Å²) in [6.45, 7) is 14.4. The number of benzene rings is 4. The van der Waals surface area contributed by atoms with Gasteiger partial charge in [0.1, 0.15) is 0 Å². The first-order valence-electron chi connectivity index (χ1n) is 20.2. The minimum absolute atomic E-state index is 0. The molecule has 0 saturated heterocycles. The molecule has 56 heavy (non-hydrogen) atoms. The Morgan fingerprint density at radius 3 is 1.62 bits per heavy atom. The van der Waals surface area contributed by atoms with Gasteiger partial charge in [-0.25, -0.2) is 0 Å². The Bertz CT molecular complexity index is 2070. The predicted molar refractivity (Wildman–Crippen MR) is 250 cm³/mol. The van der Waals surface area contributed by atoms with Crippen LogP contribution in [0.4, 0.5) is 0 Å². The maximum absolute atomic E-state index is 3.06. The first kappa shape index (κ1) is 48.2. The van der Waals surface area contributed by atoms with Gasteiger partial charge in [-0.15, -0.1) is 93.9 Å². The Kier molecular flexibility index (Phi) is 18.2. The zero-order valence-electron chi connectivity index (χ0n) is 35.0. The summed E-state index contributed by atoms with van der Waals surface area (Å²) in [5.41, 5.74) is 11.9. The molecule has 0 spiro atoms. The van der Waals surface area contributed by atoms with Crippen molar-refractivity contribution in [1.82, 2.24) is 0 Å². The summed E-state index contributed by atoms with van der Waals surface area (Å²) in [4.78, 5) is 0. The third kappa shape index (κ3) is 9.96. The molecule has 0 N–H and O–H groups in total. The molecule has 0 nitrogen and oxygen atoms in total. The van der Waals surface area contributed by atoms with Crippen LogP contribution in [0.25, 0.3) is 43.8 Å². The van der Waals surface area contributed by atoms with E-state index in [1.54, 1.807) is 5.56 Å². The summed E-state index contributed by atoms with van der Waals surface area (Å²) in [6.07, 6.45) is 12.5. The number of hydrogen-bond acceptors (Lipinski definition) is 0. The number of hydrogen-bond donors (Lipinski definition) is 0. The SMILES string of the molecule is CCCC(C)c1cc2c(-c3ccc(C(C)C)cc3)cccc2[cH-]1.CCc1cc2c(-c3ccc(C45CC6CC(CC(C6)C4)C5)cc3)cccc2[cH-]1.Cl.Cl.[CH3-].[CH3-].[Si]=[Zr]. The van der Waals surface area contributed by atoms with Crippen LogP contribution in [-0.4, -0.2) is 6.88 Å². The van der Waals surface area contributed by atoms with E-state index in [-0.39, 0.29) is 39.7 Å². The van der Waals surface area contributed by atoms with Crippen LogP contribution in [0.15, 0.2) is 109 Å². The predicted octanol–water partition coefficient (Wildman–Crippen LogP) is 15.9. The van der Waals surface area contributed by atoms with Crippen molar-refractivity contribution in [2.75, 3.05) is 0 Å². The third-order valence-electron chi connectivity index (χ3n) is 13.0. The molecule has 0 aromatic heterocycles. The van der Waals surface area contributed by atoms with Crippen LogP contribution in [0.5, 0.6) is 0 Å². The normalized spacial score (nSPS) is 20.6. The number of halogens is 2. The van der Waals surface area contributed by atoms with E-state index >= 15 is 0 Å². The van der Waals surface area contributed by atoms with Crippen LogP contribution in [0.3, 0.4) is 0 Å². The summed E-state index contributed by atoms with van der Waals surface area (Å²) in [5.74, 6) is 4.27. The fourth-order valence-electron chi connectivity index (χ4n) is 10.7. The Balaban J connectivity index is 0.000000273. The van der Waals surface area contributed by atoms with Crippen molar-refractivity contribution in [3.8, 4) is 22.3 Å². The van der Waals surface area contributed by atoms with Crippen molar-refractivity contribution in [3.05, 3.63) is 146 Å². The molecule has 4 fully saturated rings. The van der Waals surface area contributed by atoms with Crippen LogP contribution in [0.1, 0.15) is 120 Å². The number of aryl methyl sites for hydroxylation is 1. The average Bonchev–Trinajstić information content (AvgIpc) is 3.81. The summed E-state index contributed by atoms with van der Waals surface area (Å²) >= 11 is 1.36. The van der Waals surface area contributed by atoms with E-state index in [0.29, 0.717) is 17.3 Å². The molecule has 4 saturated carbocycles. The van der Waals surface area contributed by atoms with Gasteiger partial charge in [0.25, 0.3) is 0 Å². The van der Waals surface area contributed by atoms with E-state index < -0.39 is 0 Å². The zero-order valence-corrected chi connectivity index (χ0v) is 40.1. The molecule has 4 heteroatoms. The van der Waals surface area contributed by atoms with Crippen LogP contribution in [-0.2, 0) is 35.2 Å². The third-order valence-corrected chi connectivity index (χ3v) is 13.0. The first-order valence-corrected chi connectivity index (χ1v) is 24.3. The standard InChI is InChI=1S/C27H29.C23H27.2CH3.2ClH.Si.Zr/c1-2-18-13-23-4-3-5-25(26(23)14-18)22-6-8-24(9-7-22)27-15-19-10-20(16-27)12-21(11-19)17-27;1-5-7-17(4)21-14-20-8-6-9-22(23(20)15-21)19-12-10-18(11-13-19)16(2)3;;;;;;/h3-9,13-14,19-21H,2,10-12,15-17H2,1H3;6,8-17H,5,7H2,1-4H3;2*1H3;2*1H;;/q4*-1;;;;. The molecule has 10 rings (SSSR count). The Labute approximate surface area is 369 Å². The molecular weight excluding hydrogens is 815 g/mol. The first-order chi connectivity index (χ1) is 25.3. The monoisotopic (exact) mass is 876 g/mol. The molecule has 0 aliphatic heterocycles. The van der Waals surface area contributed by atoms with Gasteiger partial charge in [0, 0.05) is 0 Å². The number of rotatable bonds is 8. The van der Waals surface area contributed by atoms with Gasteiger partial charge in [-0.2, -0.15) is 12.1 Å². The topological polar surface area (TPSA) is 0 Å². The van der Waals surface area contributed by atoms with Crippen LogP contribution in [0.2, 0.25) is 0 Å². The van der Waals surface area contributed by atoms with E-state index in [1.807, 2.05) is 0 Å². The maximum atomic E-state index is 3.06. The molecule has 0 heterocycles. The second kappa shape index (κ2) is 21.2. The molecule has 1 atom stereocenters. The molecule has 4 aliphatic carbocycles.